The first-order valence-electron chi connectivity index (χ1n) is 13.2. The number of amides is 1. The molecule has 1 amide bonds. The number of hydrogen-bond acceptors (Lipinski definition) is 6. The van der Waals surface area contributed by atoms with Gasteiger partial charge in [-0.15, -0.1) is 11.3 Å². The van der Waals surface area contributed by atoms with Crippen LogP contribution in [0.2, 0.25) is 0 Å². The van der Waals surface area contributed by atoms with Crippen LogP contribution in [0.4, 0.5) is 18.9 Å². The summed E-state index contributed by atoms with van der Waals surface area (Å²) in [6.07, 6.45) is 8.33. The van der Waals surface area contributed by atoms with Gasteiger partial charge < -0.3 is 10.7 Å². The van der Waals surface area contributed by atoms with Gasteiger partial charge in [-0.05, 0) is 61.4 Å². The van der Waals surface area contributed by atoms with Crippen molar-refractivity contribution in [1.29, 1.82) is 5.41 Å². The standard InChI is InChI=1S/C29H30F3N5OS/c1-17(26-16-36-28(39-26)23(33)11-18-7-9-22(10-8-18)29(30,31)32)37-27(38)24-13-20-12-21(14-34-25(20)15-35-24)19-5-3-2-4-6-19/h7-10,13-17,19,21,33H,2-6,11-12H2,1H3,(H,37,38). The van der Waals surface area contributed by atoms with Gasteiger partial charge in [-0.25, -0.2) is 9.97 Å². The average molecular weight is 554 g/mol. The maximum atomic E-state index is 13.0. The van der Waals surface area contributed by atoms with E-state index in [1.54, 1.807) is 12.4 Å². The van der Waals surface area contributed by atoms with Gasteiger partial charge in [-0.2, -0.15) is 13.2 Å². The second-order valence-corrected chi connectivity index (χ2v) is 11.4. The second-order valence-electron chi connectivity index (χ2n) is 10.4. The Kier molecular flexibility index (Phi) is 7.93. The summed E-state index contributed by atoms with van der Waals surface area (Å²) >= 11 is 1.28. The van der Waals surface area contributed by atoms with Gasteiger partial charge in [-0.1, -0.05) is 31.4 Å². The van der Waals surface area contributed by atoms with E-state index < -0.39 is 11.7 Å². The molecule has 2 aromatic heterocycles. The van der Waals surface area contributed by atoms with Gasteiger partial charge in [0.15, 0.2) is 0 Å². The fourth-order valence-corrected chi connectivity index (χ4v) is 6.15. The van der Waals surface area contributed by atoms with E-state index in [0.717, 1.165) is 34.7 Å². The van der Waals surface area contributed by atoms with Crippen LogP contribution in [0.25, 0.3) is 0 Å². The lowest BCUT2D eigenvalue weighted by molar-refractivity contribution is -0.137. The molecule has 0 radical (unpaired) electrons. The minimum atomic E-state index is -4.39. The molecule has 10 heteroatoms. The Morgan fingerprint density at radius 1 is 1.13 bits per heavy atom. The highest BCUT2D eigenvalue weighted by molar-refractivity contribution is 7.13. The van der Waals surface area contributed by atoms with E-state index in [9.17, 15) is 18.0 Å². The van der Waals surface area contributed by atoms with Gasteiger partial charge in [0.1, 0.15) is 10.7 Å². The van der Waals surface area contributed by atoms with E-state index in [0.29, 0.717) is 28.1 Å². The van der Waals surface area contributed by atoms with E-state index in [2.05, 4.69) is 26.5 Å². The van der Waals surface area contributed by atoms with Crippen molar-refractivity contribution in [3.8, 4) is 0 Å². The van der Waals surface area contributed by atoms with Gasteiger partial charge >= 0.3 is 6.18 Å². The molecular weight excluding hydrogens is 523 g/mol. The zero-order valence-electron chi connectivity index (χ0n) is 21.6. The first kappa shape index (κ1) is 27.2. The topological polar surface area (TPSA) is 91.1 Å². The van der Waals surface area contributed by atoms with Crippen LogP contribution in [0.15, 0.2) is 47.7 Å². The lowest BCUT2D eigenvalue weighted by Gasteiger charge is -2.30. The Hall–Kier alpha value is -3.40. The maximum Gasteiger partial charge on any atom is 0.416 e. The summed E-state index contributed by atoms with van der Waals surface area (Å²) in [6.45, 7) is 1.84. The molecule has 2 unspecified atom stereocenters. The van der Waals surface area contributed by atoms with Crippen molar-refractivity contribution in [1.82, 2.24) is 15.3 Å². The number of nitrogens with zero attached hydrogens (tertiary/aromatic N) is 3. The molecule has 204 valence electrons. The number of rotatable bonds is 7. The predicted molar refractivity (Wildman–Crippen MR) is 146 cm³/mol. The summed E-state index contributed by atoms with van der Waals surface area (Å²) in [7, 11) is 0. The number of halogens is 3. The smallest absolute Gasteiger partial charge is 0.343 e. The first-order valence-corrected chi connectivity index (χ1v) is 14.0. The van der Waals surface area contributed by atoms with Crippen LogP contribution >= 0.6 is 11.3 Å². The third-order valence-electron chi connectivity index (χ3n) is 7.53. The molecule has 0 saturated heterocycles. The summed E-state index contributed by atoms with van der Waals surface area (Å²) in [5.74, 6) is 0.770. The zero-order valence-corrected chi connectivity index (χ0v) is 22.4. The lowest BCUT2D eigenvalue weighted by atomic mass is 9.77. The summed E-state index contributed by atoms with van der Waals surface area (Å²) in [6, 6.07) is 6.29. The molecule has 1 aliphatic carbocycles. The van der Waals surface area contributed by atoms with Crippen molar-refractivity contribution >= 4 is 34.9 Å². The minimum Gasteiger partial charge on any atom is -0.343 e. The van der Waals surface area contributed by atoms with Crippen LogP contribution in [-0.4, -0.2) is 27.8 Å². The number of fused-ring (bicyclic) bond motifs is 1. The van der Waals surface area contributed by atoms with Crippen LogP contribution in [0.1, 0.15) is 82.1 Å². The Balaban J connectivity index is 1.19. The lowest BCUT2D eigenvalue weighted by Crippen LogP contribution is -2.27. The third kappa shape index (κ3) is 6.43. The zero-order chi connectivity index (χ0) is 27.6. The fourth-order valence-electron chi connectivity index (χ4n) is 5.29. The van der Waals surface area contributed by atoms with Crippen LogP contribution < -0.4 is 5.32 Å². The van der Waals surface area contributed by atoms with Crippen LogP contribution in [0.3, 0.4) is 0 Å². The number of thiazole rings is 1. The van der Waals surface area contributed by atoms with E-state index in [1.807, 2.05) is 13.0 Å². The number of benzene rings is 1. The molecule has 5 rings (SSSR count). The Labute approximate surface area is 229 Å². The Bertz CT molecular complexity index is 1380. The number of pyridine rings is 1. The summed E-state index contributed by atoms with van der Waals surface area (Å²) in [4.78, 5) is 27.1. The molecule has 2 atom stereocenters. The van der Waals surface area contributed by atoms with Gasteiger partial charge in [0, 0.05) is 29.6 Å². The summed E-state index contributed by atoms with van der Waals surface area (Å²) in [5.41, 5.74) is 2.31. The molecular formula is C29H30F3N5OS. The highest BCUT2D eigenvalue weighted by Gasteiger charge is 2.30. The van der Waals surface area contributed by atoms with Gasteiger partial charge in [0.25, 0.3) is 5.91 Å². The molecule has 3 aromatic rings. The number of aromatic nitrogens is 2. The molecule has 39 heavy (non-hydrogen) atoms. The monoisotopic (exact) mass is 553 g/mol. The minimum absolute atomic E-state index is 0.162. The molecule has 1 aromatic carbocycles. The fraction of sp³-hybridized carbons (Fsp3) is 0.414. The molecule has 6 nitrogen and oxygen atoms in total. The number of alkyl halides is 3. The van der Waals surface area contributed by atoms with E-state index in [4.69, 9.17) is 5.41 Å². The van der Waals surface area contributed by atoms with Crippen molar-refractivity contribution in [3.63, 3.8) is 0 Å². The average Bonchev–Trinajstić information content (AvgIpc) is 3.44. The van der Waals surface area contributed by atoms with Crippen LogP contribution in [0, 0.1) is 17.2 Å². The first-order chi connectivity index (χ1) is 18.7. The largest absolute Gasteiger partial charge is 0.416 e. The summed E-state index contributed by atoms with van der Waals surface area (Å²) < 4.78 is 38.4. The van der Waals surface area contributed by atoms with Crippen molar-refractivity contribution in [2.45, 2.75) is 64.1 Å². The predicted octanol–water partition coefficient (Wildman–Crippen LogP) is 7.11. The SMILES string of the molecule is CC(NC(=O)c1cc2c(cn1)N=CC(C1CCCCC1)C2)c1cnc(C(=N)Cc2ccc(C(F)(F)F)cc2)s1. The molecule has 2 aliphatic rings. The summed E-state index contributed by atoms with van der Waals surface area (Å²) in [5, 5.41) is 11.8. The molecule has 0 spiro atoms. The highest BCUT2D eigenvalue weighted by atomic mass is 32.1. The van der Waals surface area contributed by atoms with Crippen molar-refractivity contribution in [2.75, 3.05) is 0 Å². The molecule has 3 heterocycles. The normalized spacial score (nSPS) is 18.4. The molecule has 0 bridgehead atoms. The van der Waals surface area contributed by atoms with Gasteiger partial charge in [-0.3, -0.25) is 9.79 Å². The number of carbonyl (C=O) groups is 1. The molecule has 2 N–H and O–H groups in total. The van der Waals surface area contributed by atoms with E-state index in [-0.39, 0.29) is 24.1 Å². The highest BCUT2D eigenvalue weighted by Crippen LogP contribution is 2.36. The van der Waals surface area contributed by atoms with Gasteiger partial charge in [0.05, 0.1) is 29.2 Å². The number of aliphatic imine (C=N–C) groups is 1. The van der Waals surface area contributed by atoms with Gasteiger partial charge in [0.2, 0.25) is 0 Å². The molecule has 1 aliphatic heterocycles. The number of hydrogen-bond donors (Lipinski definition) is 2. The second kappa shape index (κ2) is 11.4. The molecule has 1 saturated carbocycles. The Morgan fingerprint density at radius 3 is 2.59 bits per heavy atom. The van der Waals surface area contributed by atoms with Crippen molar-refractivity contribution in [3.05, 3.63) is 75.0 Å². The number of nitrogens with one attached hydrogen (secondary N) is 2. The number of carbonyl (C=O) groups excluding carboxylic acids is 1. The van der Waals surface area contributed by atoms with Crippen LogP contribution in [0.5, 0.6) is 0 Å². The quantitative estimate of drug-likeness (QED) is 0.305. The third-order valence-corrected chi connectivity index (χ3v) is 8.77. The van der Waals surface area contributed by atoms with E-state index in [1.165, 1.54) is 55.6 Å². The maximum absolute atomic E-state index is 13.0. The molecule has 1 fully saturated rings. The van der Waals surface area contributed by atoms with E-state index >= 15 is 0 Å². The van der Waals surface area contributed by atoms with Crippen LogP contribution in [-0.2, 0) is 19.0 Å². The Morgan fingerprint density at radius 2 is 1.87 bits per heavy atom. The van der Waals surface area contributed by atoms with Crippen molar-refractivity contribution in [2.24, 2.45) is 16.8 Å². The van der Waals surface area contributed by atoms with Crippen molar-refractivity contribution < 1.29 is 18.0 Å².